The molecule has 10 heteroatoms. The third-order valence-electron chi connectivity index (χ3n) is 5.10. The van der Waals surface area contributed by atoms with E-state index in [1.165, 1.54) is 34.9 Å². The lowest BCUT2D eigenvalue weighted by Crippen LogP contribution is -2.31. The zero-order chi connectivity index (χ0) is 23.7. The third kappa shape index (κ3) is 5.35. The number of ketones is 1. The van der Waals surface area contributed by atoms with Crippen LogP contribution in [0.15, 0.2) is 58.1 Å². The van der Waals surface area contributed by atoms with Crippen molar-refractivity contribution in [1.29, 1.82) is 0 Å². The monoisotopic (exact) mass is 513 g/mol. The molecule has 1 aromatic heterocycles. The number of aromatic nitrogens is 3. The van der Waals surface area contributed by atoms with Gasteiger partial charge in [0.15, 0.2) is 5.78 Å². The minimum atomic E-state index is -4.49. The van der Waals surface area contributed by atoms with Crippen LogP contribution >= 0.6 is 15.9 Å². The Morgan fingerprint density at radius 2 is 1.72 bits per heavy atom. The summed E-state index contributed by atoms with van der Waals surface area (Å²) in [4.78, 5) is 25.3. The number of halogens is 5. The van der Waals surface area contributed by atoms with E-state index in [0.717, 1.165) is 16.8 Å². The van der Waals surface area contributed by atoms with E-state index in [4.69, 9.17) is 0 Å². The molecule has 0 fully saturated rings. The van der Waals surface area contributed by atoms with Gasteiger partial charge in [-0.1, -0.05) is 50.2 Å². The number of Topliss-reactive ketones (excluding diaryl/α,β-unsaturated/α-hetero) is 1. The van der Waals surface area contributed by atoms with Crippen molar-refractivity contribution in [3.05, 3.63) is 86.3 Å². The molecule has 3 aromatic rings. The SMILES string of the molecule is CC(C)(CC(=O)Cn1nc(Br)n(Cc2ccccc2F)c1=O)c1cccc(C(F)(F)F)c1. The van der Waals surface area contributed by atoms with Crippen LogP contribution in [0, 0.1) is 5.82 Å². The Morgan fingerprint density at radius 3 is 2.38 bits per heavy atom. The molecule has 0 saturated heterocycles. The van der Waals surface area contributed by atoms with Crippen LogP contribution in [0.2, 0.25) is 0 Å². The predicted octanol–water partition coefficient (Wildman–Crippen LogP) is 4.95. The first-order valence-corrected chi connectivity index (χ1v) is 10.4. The molecule has 0 amide bonds. The maximum atomic E-state index is 13.9. The average molecular weight is 514 g/mol. The second-order valence-corrected chi connectivity index (χ2v) is 8.77. The van der Waals surface area contributed by atoms with Crippen LogP contribution in [0.4, 0.5) is 17.6 Å². The molecular weight excluding hydrogens is 494 g/mol. The number of nitrogens with zero attached hydrogens (tertiary/aromatic N) is 3. The molecule has 0 N–H and O–H groups in total. The summed E-state index contributed by atoms with van der Waals surface area (Å²) >= 11 is 3.16. The zero-order valence-electron chi connectivity index (χ0n) is 17.3. The highest BCUT2D eigenvalue weighted by Gasteiger charge is 2.33. The van der Waals surface area contributed by atoms with E-state index in [-0.39, 0.29) is 35.6 Å². The number of benzene rings is 2. The van der Waals surface area contributed by atoms with Gasteiger partial charge >= 0.3 is 11.9 Å². The molecular formula is C22H20BrF4N3O2. The Kier molecular flexibility index (Phi) is 6.73. The Morgan fingerprint density at radius 1 is 1.06 bits per heavy atom. The number of hydrogen-bond acceptors (Lipinski definition) is 3. The van der Waals surface area contributed by atoms with Gasteiger partial charge in [0.2, 0.25) is 4.73 Å². The van der Waals surface area contributed by atoms with Gasteiger partial charge in [0.25, 0.3) is 0 Å². The first-order valence-electron chi connectivity index (χ1n) is 9.64. The quantitative estimate of drug-likeness (QED) is 0.420. The predicted molar refractivity (Wildman–Crippen MR) is 114 cm³/mol. The van der Waals surface area contributed by atoms with Gasteiger partial charge in [-0.3, -0.25) is 9.36 Å². The lowest BCUT2D eigenvalue weighted by Gasteiger charge is -2.25. The van der Waals surface area contributed by atoms with Crippen LogP contribution in [0.3, 0.4) is 0 Å². The van der Waals surface area contributed by atoms with Crippen molar-refractivity contribution in [2.45, 2.75) is 44.9 Å². The summed E-state index contributed by atoms with van der Waals surface area (Å²) in [5.41, 5.74) is -1.64. The average Bonchev–Trinajstić information content (AvgIpc) is 2.96. The molecule has 0 aliphatic carbocycles. The maximum Gasteiger partial charge on any atom is 0.416 e. The zero-order valence-corrected chi connectivity index (χ0v) is 18.9. The van der Waals surface area contributed by atoms with Crippen molar-refractivity contribution in [2.75, 3.05) is 0 Å². The van der Waals surface area contributed by atoms with E-state index in [1.54, 1.807) is 19.9 Å². The van der Waals surface area contributed by atoms with Gasteiger partial charge in [-0.2, -0.15) is 13.2 Å². The topological polar surface area (TPSA) is 56.9 Å². The summed E-state index contributed by atoms with van der Waals surface area (Å²) in [6, 6.07) is 10.8. The largest absolute Gasteiger partial charge is 0.416 e. The molecule has 0 aliphatic heterocycles. The fraction of sp³-hybridized carbons (Fsp3) is 0.318. The molecule has 0 atom stereocenters. The minimum absolute atomic E-state index is 0.0734. The normalized spacial score (nSPS) is 12.2. The smallest absolute Gasteiger partial charge is 0.298 e. The van der Waals surface area contributed by atoms with E-state index < -0.39 is 28.7 Å². The number of hydrogen-bond donors (Lipinski definition) is 0. The molecule has 0 bridgehead atoms. The highest BCUT2D eigenvalue weighted by Crippen LogP contribution is 2.34. The summed E-state index contributed by atoms with van der Waals surface area (Å²) in [6.07, 6.45) is -4.58. The first kappa shape index (κ1) is 23.9. The van der Waals surface area contributed by atoms with Crippen molar-refractivity contribution >= 4 is 21.7 Å². The molecule has 170 valence electrons. The van der Waals surface area contributed by atoms with Crippen LogP contribution in [-0.4, -0.2) is 20.1 Å². The van der Waals surface area contributed by atoms with E-state index in [9.17, 15) is 27.2 Å². The van der Waals surface area contributed by atoms with Gasteiger partial charge in [0.05, 0.1) is 12.1 Å². The molecule has 0 aliphatic rings. The Labute approximate surface area is 189 Å². The Balaban J connectivity index is 1.77. The van der Waals surface area contributed by atoms with Gasteiger partial charge in [-0.05, 0) is 39.0 Å². The van der Waals surface area contributed by atoms with E-state index in [2.05, 4.69) is 21.0 Å². The van der Waals surface area contributed by atoms with Crippen LogP contribution in [0.5, 0.6) is 0 Å². The second kappa shape index (κ2) is 9.01. The van der Waals surface area contributed by atoms with E-state index in [1.807, 2.05) is 0 Å². The minimum Gasteiger partial charge on any atom is -0.298 e. The fourth-order valence-electron chi connectivity index (χ4n) is 3.38. The lowest BCUT2D eigenvalue weighted by atomic mass is 9.79. The summed E-state index contributed by atoms with van der Waals surface area (Å²) in [5, 5.41) is 4.02. The summed E-state index contributed by atoms with van der Waals surface area (Å²) in [6.45, 7) is 2.89. The van der Waals surface area contributed by atoms with Gasteiger partial charge in [0, 0.05) is 12.0 Å². The summed E-state index contributed by atoms with van der Waals surface area (Å²) < 4.78 is 55.3. The number of carbonyl (C=O) groups is 1. The van der Waals surface area contributed by atoms with E-state index in [0.29, 0.717) is 5.56 Å². The molecule has 2 aromatic carbocycles. The van der Waals surface area contributed by atoms with Crippen LogP contribution in [0.1, 0.15) is 37.0 Å². The van der Waals surface area contributed by atoms with Crippen LogP contribution in [0.25, 0.3) is 0 Å². The molecule has 0 saturated carbocycles. The summed E-state index contributed by atoms with van der Waals surface area (Å²) in [5.74, 6) is -0.851. The summed E-state index contributed by atoms with van der Waals surface area (Å²) in [7, 11) is 0. The highest BCUT2D eigenvalue weighted by molar-refractivity contribution is 9.10. The molecule has 0 unspecified atom stereocenters. The number of carbonyl (C=O) groups excluding carboxylic acids is 1. The Bertz CT molecular complexity index is 1200. The lowest BCUT2D eigenvalue weighted by molar-refractivity contribution is -0.137. The maximum absolute atomic E-state index is 13.9. The molecule has 5 nitrogen and oxygen atoms in total. The number of alkyl halides is 3. The van der Waals surface area contributed by atoms with Gasteiger partial charge < -0.3 is 0 Å². The van der Waals surface area contributed by atoms with Gasteiger partial charge in [0.1, 0.15) is 12.4 Å². The fourth-order valence-corrected chi connectivity index (χ4v) is 3.85. The van der Waals surface area contributed by atoms with Crippen molar-refractivity contribution in [3.8, 4) is 0 Å². The second-order valence-electron chi connectivity index (χ2n) is 8.06. The first-order chi connectivity index (χ1) is 14.9. The van der Waals surface area contributed by atoms with Crippen molar-refractivity contribution in [1.82, 2.24) is 14.3 Å². The van der Waals surface area contributed by atoms with Gasteiger partial charge in [-0.15, -0.1) is 5.10 Å². The molecule has 32 heavy (non-hydrogen) atoms. The van der Waals surface area contributed by atoms with Crippen molar-refractivity contribution in [2.24, 2.45) is 0 Å². The standard InChI is InChI=1S/C22H20BrF4N3O2/c1-21(2,15-7-5-8-16(10-15)22(25,26)27)11-17(31)13-30-20(32)29(19(23)28-30)12-14-6-3-4-9-18(14)24/h3-10H,11-13H2,1-2H3. The molecule has 1 heterocycles. The third-order valence-corrected chi connectivity index (χ3v) is 5.69. The van der Waals surface area contributed by atoms with Crippen molar-refractivity contribution in [3.63, 3.8) is 0 Å². The Hall–Kier alpha value is -2.75. The molecule has 0 spiro atoms. The van der Waals surface area contributed by atoms with E-state index >= 15 is 0 Å². The van der Waals surface area contributed by atoms with Crippen LogP contribution in [-0.2, 0) is 29.5 Å². The molecule has 3 rings (SSSR count). The van der Waals surface area contributed by atoms with Crippen molar-refractivity contribution < 1.29 is 22.4 Å². The van der Waals surface area contributed by atoms with Gasteiger partial charge in [-0.25, -0.2) is 13.9 Å². The highest BCUT2D eigenvalue weighted by atomic mass is 79.9. The number of rotatable bonds is 7. The molecule has 0 radical (unpaired) electrons. The van der Waals surface area contributed by atoms with Crippen LogP contribution < -0.4 is 5.69 Å².